The molecule has 3 heteroatoms. The third-order valence-electron chi connectivity index (χ3n) is 3.11. The van der Waals surface area contributed by atoms with Gasteiger partial charge in [-0.25, -0.2) is 9.18 Å². The first-order chi connectivity index (χ1) is 9.06. The highest BCUT2D eigenvalue weighted by Crippen LogP contribution is 2.19. The number of halogens is 1. The van der Waals surface area contributed by atoms with Crippen molar-refractivity contribution in [3.63, 3.8) is 0 Å². The maximum atomic E-state index is 13.6. The fourth-order valence-electron chi connectivity index (χ4n) is 1.83. The van der Waals surface area contributed by atoms with E-state index in [2.05, 4.69) is 6.92 Å². The highest BCUT2D eigenvalue weighted by molar-refractivity contribution is 5.89. The summed E-state index contributed by atoms with van der Waals surface area (Å²) in [5.41, 5.74) is 0.987. The Kier molecular flexibility index (Phi) is 6.54. The summed E-state index contributed by atoms with van der Waals surface area (Å²) in [6.45, 7) is 6.50. The molecule has 0 unspecified atom stereocenters. The van der Waals surface area contributed by atoms with Crippen LogP contribution in [0.4, 0.5) is 4.39 Å². The first-order valence-corrected chi connectivity index (χ1v) is 7.02. The molecule has 0 atom stereocenters. The molecule has 1 rings (SSSR count). The van der Waals surface area contributed by atoms with Gasteiger partial charge in [-0.2, -0.15) is 0 Å². The number of carbonyl (C=O) groups is 1. The first kappa shape index (κ1) is 15.7. The monoisotopic (exact) mass is 266 g/mol. The first-order valence-electron chi connectivity index (χ1n) is 7.02. The van der Waals surface area contributed by atoms with E-state index in [0.717, 1.165) is 31.2 Å². The second-order valence-electron chi connectivity index (χ2n) is 5.09. The van der Waals surface area contributed by atoms with Crippen molar-refractivity contribution in [1.82, 2.24) is 0 Å². The summed E-state index contributed by atoms with van der Waals surface area (Å²) in [6, 6.07) is 4.63. The van der Waals surface area contributed by atoms with Gasteiger partial charge in [0.05, 0.1) is 12.2 Å². The summed E-state index contributed by atoms with van der Waals surface area (Å²) in [5.74, 6) is -0.809. The number of hydrogen-bond acceptors (Lipinski definition) is 2. The number of rotatable bonds is 7. The molecule has 1 aromatic rings. The lowest BCUT2D eigenvalue weighted by Gasteiger charge is -2.09. The lowest BCUT2D eigenvalue weighted by Crippen LogP contribution is -2.09. The maximum absolute atomic E-state index is 13.6. The molecule has 2 nitrogen and oxygen atoms in total. The Morgan fingerprint density at radius 3 is 2.63 bits per heavy atom. The smallest absolute Gasteiger partial charge is 0.341 e. The lowest BCUT2D eigenvalue weighted by atomic mass is 10.0. The van der Waals surface area contributed by atoms with E-state index < -0.39 is 11.8 Å². The Bertz CT molecular complexity index is 413. The Hall–Kier alpha value is -1.38. The second kappa shape index (κ2) is 7.93. The molecule has 0 heterocycles. The fraction of sp³-hybridized carbons (Fsp3) is 0.562. The van der Waals surface area contributed by atoms with Crippen molar-refractivity contribution in [1.29, 1.82) is 0 Å². The predicted molar refractivity (Wildman–Crippen MR) is 74.9 cm³/mol. The quantitative estimate of drug-likeness (QED) is 0.529. The molecule has 0 spiro atoms. The molecule has 0 radical (unpaired) electrons. The molecular formula is C16H23FO2. The van der Waals surface area contributed by atoms with Crippen LogP contribution in [0.25, 0.3) is 0 Å². The molecule has 0 aliphatic heterocycles. The van der Waals surface area contributed by atoms with Crippen molar-refractivity contribution in [2.75, 3.05) is 6.61 Å². The van der Waals surface area contributed by atoms with Gasteiger partial charge in [-0.3, -0.25) is 0 Å². The summed E-state index contributed by atoms with van der Waals surface area (Å²) in [6.07, 6.45) is 4.15. The molecule has 0 bridgehead atoms. The number of hydrogen-bond donors (Lipinski definition) is 0. The fourth-order valence-corrected chi connectivity index (χ4v) is 1.83. The Morgan fingerprint density at radius 1 is 1.26 bits per heavy atom. The summed E-state index contributed by atoms with van der Waals surface area (Å²) < 4.78 is 18.7. The van der Waals surface area contributed by atoms with Crippen LogP contribution >= 0.6 is 0 Å². The second-order valence-corrected chi connectivity index (χ2v) is 5.09. The zero-order valence-electron chi connectivity index (χ0n) is 12.0. The zero-order valence-corrected chi connectivity index (χ0v) is 12.0. The van der Waals surface area contributed by atoms with Gasteiger partial charge in [0, 0.05) is 0 Å². The van der Waals surface area contributed by atoms with Crippen molar-refractivity contribution >= 4 is 5.97 Å². The summed E-state index contributed by atoms with van der Waals surface area (Å²) in [5, 5.41) is 0. The third kappa shape index (κ3) is 5.01. The molecule has 0 fully saturated rings. The highest BCUT2D eigenvalue weighted by atomic mass is 19.1. The van der Waals surface area contributed by atoms with Crippen molar-refractivity contribution in [3.05, 3.63) is 35.1 Å². The largest absolute Gasteiger partial charge is 0.462 e. The molecule has 0 amide bonds. The van der Waals surface area contributed by atoms with Crippen molar-refractivity contribution in [2.45, 2.75) is 52.4 Å². The zero-order chi connectivity index (χ0) is 14.3. The molecule has 1 aromatic carbocycles. The van der Waals surface area contributed by atoms with E-state index >= 15 is 0 Å². The highest BCUT2D eigenvalue weighted by Gasteiger charge is 2.14. The van der Waals surface area contributed by atoms with E-state index in [1.807, 2.05) is 13.8 Å². The molecule has 0 aromatic heterocycles. The predicted octanol–water partition coefficient (Wildman–Crippen LogP) is 4.69. The summed E-state index contributed by atoms with van der Waals surface area (Å²) in [7, 11) is 0. The van der Waals surface area contributed by atoms with Crippen molar-refractivity contribution in [2.24, 2.45) is 0 Å². The van der Waals surface area contributed by atoms with Crippen molar-refractivity contribution in [3.8, 4) is 0 Å². The Balaban J connectivity index is 2.58. The SMILES string of the molecule is CCCCCCOC(=O)c1cc(C(C)C)ccc1F. The molecule has 19 heavy (non-hydrogen) atoms. The average molecular weight is 266 g/mol. The van der Waals surface area contributed by atoms with Crippen LogP contribution in [-0.4, -0.2) is 12.6 Å². The summed E-state index contributed by atoms with van der Waals surface area (Å²) in [4.78, 5) is 11.8. The standard InChI is InChI=1S/C16H23FO2/c1-4-5-6-7-10-19-16(18)14-11-13(12(2)3)8-9-15(14)17/h8-9,11-12H,4-7,10H2,1-3H3. The number of carbonyl (C=O) groups excluding carboxylic acids is 1. The molecule has 106 valence electrons. The van der Waals surface area contributed by atoms with Crippen LogP contribution in [-0.2, 0) is 4.74 Å². The van der Waals surface area contributed by atoms with Crippen LogP contribution in [0.1, 0.15) is 68.3 Å². The van der Waals surface area contributed by atoms with Crippen LogP contribution < -0.4 is 0 Å². The number of ether oxygens (including phenoxy) is 1. The van der Waals surface area contributed by atoms with Gasteiger partial charge in [-0.1, -0.05) is 46.1 Å². The maximum Gasteiger partial charge on any atom is 0.341 e. The number of unbranched alkanes of at least 4 members (excludes halogenated alkanes) is 3. The van der Waals surface area contributed by atoms with Crippen LogP contribution in [0, 0.1) is 5.82 Å². The minimum Gasteiger partial charge on any atom is -0.462 e. The van der Waals surface area contributed by atoms with E-state index in [0.29, 0.717) is 6.61 Å². The van der Waals surface area contributed by atoms with Gasteiger partial charge >= 0.3 is 5.97 Å². The number of esters is 1. The van der Waals surface area contributed by atoms with Crippen LogP contribution in [0.2, 0.25) is 0 Å². The van der Waals surface area contributed by atoms with Crippen molar-refractivity contribution < 1.29 is 13.9 Å². The minimum absolute atomic E-state index is 0.0432. The molecule has 0 N–H and O–H groups in total. The molecule has 0 aliphatic rings. The topological polar surface area (TPSA) is 26.3 Å². The van der Waals surface area contributed by atoms with Gasteiger partial charge in [-0.15, -0.1) is 0 Å². The van der Waals surface area contributed by atoms with Gasteiger partial charge in [-0.05, 0) is 30.0 Å². The van der Waals surface area contributed by atoms with Crippen LogP contribution in [0.15, 0.2) is 18.2 Å². The molecular weight excluding hydrogens is 243 g/mol. The molecule has 0 saturated heterocycles. The van der Waals surface area contributed by atoms with E-state index in [9.17, 15) is 9.18 Å². The van der Waals surface area contributed by atoms with Gasteiger partial charge in [0.25, 0.3) is 0 Å². The lowest BCUT2D eigenvalue weighted by molar-refractivity contribution is 0.0492. The molecule has 0 aliphatic carbocycles. The Morgan fingerprint density at radius 2 is 2.00 bits per heavy atom. The average Bonchev–Trinajstić information content (AvgIpc) is 2.38. The Labute approximate surface area is 115 Å². The minimum atomic E-state index is -0.559. The van der Waals surface area contributed by atoms with E-state index in [1.54, 1.807) is 12.1 Å². The normalized spacial score (nSPS) is 10.8. The van der Waals surface area contributed by atoms with Crippen LogP contribution in [0.3, 0.4) is 0 Å². The van der Waals surface area contributed by atoms with E-state index in [-0.39, 0.29) is 11.5 Å². The van der Waals surface area contributed by atoms with E-state index in [4.69, 9.17) is 4.74 Å². The van der Waals surface area contributed by atoms with Gasteiger partial charge in [0.2, 0.25) is 0 Å². The molecule has 0 saturated carbocycles. The van der Waals surface area contributed by atoms with Gasteiger partial charge in [0.1, 0.15) is 5.82 Å². The number of benzene rings is 1. The van der Waals surface area contributed by atoms with Gasteiger partial charge in [0.15, 0.2) is 0 Å². The third-order valence-corrected chi connectivity index (χ3v) is 3.11. The van der Waals surface area contributed by atoms with Gasteiger partial charge < -0.3 is 4.74 Å². The van der Waals surface area contributed by atoms with Crippen LogP contribution in [0.5, 0.6) is 0 Å². The van der Waals surface area contributed by atoms with E-state index in [1.165, 1.54) is 6.07 Å². The summed E-state index contributed by atoms with van der Waals surface area (Å²) >= 11 is 0.